The maximum atomic E-state index is 11.9. The van der Waals surface area contributed by atoms with Crippen LogP contribution in [0, 0.1) is 0 Å². The van der Waals surface area contributed by atoms with E-state index < -0.39 is 20.4 Å². The first-order valence-corrected chi connectivity index (χ1v) is 9.53. The molecule has 0 unspecified atom stereocenters. The molecule has 0 saturated carbocycles. The van der Waals surface area contributed by atoms with Gasteiger partial charge in [-0.3, -0.25) is 4.79 Å². The number of rotatable bonds is 6. The van der Waals surface area contributed by atoms with Crippen LogP contribution in [0.1, 0.15) is 31.4 Å². The fourth-order valence-corrected chi connectivity index (χ4v) is 3.72. The zero-order chi connectivity index (χ0) is 13.6. The van der Waals surface area contributed by atoms with Gasteiger partial charge in [-0.05, 0) is 24.7 Å². The Hall–Kier alpha value is -1.13. The number of carbonyl (C=O) groups excluding carboxylic acids is 1. The molecule has 100 valence electrons. The summed E-state index contributed by atoms with van der Waals surface area (Å²) < 4.78 is 5.51. The molecule has 0 bridgehead atoms. The van der Waals surface area contributed by atoms with Gasteiger partial charge in [-0.15, -0.1) is 0 Å². The second kappa shape index (κ2) is 6.71. The van der Waals surface area contributed by atoms with Gasteiger partial charge in [0, 0.05) is 0 Å². The van der Waals surface area contributed by atoms with Crippen molar-refractivity contribution in [2.75, 3.05) is 0 Å². The van der Waals surface area contributed by atoms with Crippen LogP contribution in [0.15, 0.2) is 30.3 Å². The van der Waals surface area contributed by atoms with E-state index >= 15 is 0 Å². The Kier molecular flexibility index (Phi) is 5.56. The molecule has 0 aliphatic carbocycles. The predicted octanol–water partition coefficient (Wildman–Crippen LogP) is 3.27. The Morgan fingerprint density at radius 3 is 2.50 bits per heavy atom. The largest absolute Gasteiger partial charge is 0.517 e. The predicted molar refractivity (Wildman–Crippen MR) is 74.7 cm³/mol. The van der Waals surface area contributed by atoms with Crippen LogP contribution in [0.2, 0.25) is 19.1 Å². The monoisotopic (exact) mass is 266 g/mol. The standard InChI is InChI=1S/C14H22O3Si/c1-4-5-11-18(2,3)17-14(16)13(15)12-9-7-6-8-10-12/h6-10,13,15H,4-5,11H2,1-3H3/t13-/m1/s1. The summed E-state index contributed by atoms with van der Waals surface area (Å²) in [5, 5.41) is 9.93. The Labute approximate surface area is 110 Å². The Balaban J connectivity index is 2.60. The summed E-state index contributed by atoms with van der Waals surface area (Å²) in [4.78, 5) is 11.9. The van der Waals surface area contributed by atoms with Crippen molar-refractivity contribution in [2.24, 2.45) is 0 Å². The van der Waals surface area contributed by atoms with Gasteiger partial charge in [0.1, 0.15) is 0 Å². The minimum Gasteiger partial charge on any atom is -0.517 e. The van der Waals surface area contributed by atoms with Crippen LogP contribution in [-0.2, 0) is 9.22 Å². The van der Waals surface area contributed by atoms with E-state index in [4.69, 9.17) is 4.43 Å². The third kappa shape index (κ3) is 4.62. The van der Waals surface area contributed by atoms with Gasteiger partial charge in [-0.1, -0.05) is 50.1 Å². The van der Waals surface area contributed by atoms with Gasteiger partial charge in [-0.2, -0.15) is 0 Å². The summed E-state index contributed by atoms with van der Waals surface area (Å²) >= 11 is 0. The van der Waals surface area contributed by atoms with Crippen LogP contribution in [0.25, 0.3) is 0 Å². The maximum absolute atomic E-state index is 11.9. The third-order valence-electron chi connectivity index (χ3n) is 2.85. The number of benzene rings is 1. The Morgan fingerprint density at radius 1 is 1.33 bits per heavy atom. The van der Waals surface area contributed by atoms with Crippen molar-refractivity contribution in [3.05, 3.63) is 35.9 Å². The maximum Gasteiger partial charge on any atom is 0.326 e. The van der Waals surface area contributed by atoms with Gasteiger partial charge in [0.15, 0.2) is 6.10 Å². The highest BCUT2D eigenvalue weighted by Crippen LogP contribution is 2.20. The van der Waals surface area contributed by atoms with E-state index in [1.165, 1.54) is 0 Å². The highest BCUT2D eigenvalue weighted by molar-refractivity contribution is 6.72. The van der Waals surface area contributed by atoms with Gasteiger partial charge in [0.05, 0.1) is 0 Å². The van der Waals surface area contributed by atoms with Crippen molar-refractivity contribution in [3.8, 4) is 0 Å². The zero-order valence-electron chi connectivity index (χ0n) is 11.3. The zero-order valence-corrected chi connectivity index (χ0v) is 12.3. The smallest absolute Gasteiger partial charge is 0.326 e. The Bertz CT molecular complexity index is 376. The molecule has 0 fully saturated rings. The number of hydrogen-bond donors (Lipinski definition) is 1. The van der Waals surface area contributed by atoms with Gasteiger partial charge in [0.25, 0.3) is 0 Å². The SMILES string of the molecule is CCCC[Si](C)(C)OC(=O)[C@H](O)c1ccccc1. The Morgan fingerprint density at radius 2 is 1.94 bits per heavy atom. The molecule has 0 saturated heterocycles. The number of aliphatic hydroxyl groups excluding tert-OH is 1. The van der Waals surface area contributed by atoms with Crippen LogP contribution in [0.4, 0.5) is 0 Å². The quantitative estimate of drug-likeness (QED) is 0.804. The van der Waals surface area contributed by atoms with Gasteiger partial charge < -0.3 is 9.53 Å². The minimum absolute atomic E-state index is 0.519. The van der Waals surface area contributed by atoms with E-state index in [1.54, 1.807) is 24.3 Å². The van der Waals surface area contributed by atoms with E-state index in [9.17, 15) is 9.90 Å². The summed E-state index contributed by atoms with van der Waals surface area (Å²) in [5.74, 6) is -0.519. The lowest BCUT2D eigenvalue weighted by Crippen LogP contribution is -2.35. The summed E-state index contributed by atoms with van der Waals surface area (Å²) in [5.41, 5.74) is 0.586. The van der Waals surface area contributed by atoms with Crippen LogP contribution < -0.4 is 0 Å². The van der Waals surface area contributed by atoms with E-state index in [0.29, 0.717) is 5.56 Å². The molecule has 1 rings (SSSR count). The highest BCUT2D eigenvalue weighted by Gasteiger charge is 2.29. The van der Waals surface area contributed by atoms with E-state index in [2.05, 4.69) is 6.92 Å². The van der Waals surface area contributed by atoms with E-state index in [0.717, 1.165) is 18.9 Å². The molecule has 0 aliphatic heterocycles. The summed E-state index contributed by atoms with van der Waals surface area (Å²) in [6.07, 6.45) is 0.989. The van der Waals surface area contributed by atoms with E-state index in [1.807, 2.05) is 19.2 Å². The van der Waals surface area contributed by atoms with Crippen LogP contribution in [0.3, 0.4) is 0 Å². The molecule has 0 aromatic heterocycles. The van der Waals surface area contributed by atoms with Crippen molar-refractivity contribution in [3.63, 3.8) is 0 Å². The number of carbonyl (C=O) groups is 1. The molecule has 0 radical (unpaired) electrons. The fourth-order valence-electron chi connectivity index (χ4n) is 1.75. The lowest BCUT2D eigenvalue weighted by molar-refractivity contribution is -0.145. The molecular weight excluding hydrogens is 244 g/mol. The van der Waals surface area contributed by atoms with Crippen LogP contribution in [-0.4, -0.2) is 19.4 Å². The van der Waals surface area contributed by atoms with Crippen LogP contribution >= 0.6 is 0 Å². The average molecular weight is 266 g/mol. The van der Waals surface area contributed by atoms with Crippen molar-refractivity contribution in [1.29, 1.82) is 0 Å². The summed E-state index contributed by atoms with van der Waals surface area (Å²) in [7, 11) is -1.99. The van der Waals surface area contributed by atoms with Crippen molar-refractivity contribution in [2.45, 2.75) is 45.0 Å². The molecule has 4 heteroatoms. The summed E-state index contributed by atoms with van der Waals surface area (Å²) in [6.45, 7) is 6.14. The van der Waals surface area contributed by atoms with Crippen LogP contribution in [0.5, 0.6) is 0 Å². The first kappa shape index (κ1) is 14.9. The topological polar surface area (TPSA) is 46.5 Å². The molecule has 1 aromatic carbocycles. The molecule has 0 spiro atoms. The number of aliphatic hydroxyl groups is 1. The second-order valence-electron chi connectivity index (χ2n) is 5.10. The van der Waals surface area contributed by atoms with Gasteiger partial charge in [0.2, 0.25) is 8.32 Å². The van der Waals surface area contributed by atoms with Gasteiger partial charge in [-0.25, -0.2) is 0 Å². The highest BCUT2D eigenvalue weighted by atomic mass is 28.4. The fraction of sp³-hybridized carbons (Fsp3) is 0.500. The lowest BCUT2D eigenvalue weighted by atomic mass is 10.1. The molecule has 3 nitrogen and oxygen atoms in total. The molecule has 1 N–H and O–H groups in total. The molecule has 1 atom stereocenters. The summed E-state index contributed by atoms with van der Waals surface area (Å²) in [6, 6.07) is 9.84. The molecule has 0 amide bonds. The normalized spacial score (nSPS) is 13.1. The first-order chi connectivity index (χ1) is 8.46. The third-order valence-corrected chi connectivity index (χ3v) is 5.16. The molecule has 1 aromatic rings. The molecule has 18 heavy (non-hydrogen) atoms. The van der Waals surface area contributed by atoms with Crippen molar-refractivity contribution < 1.29 is 14.3 Å². The average Bonchev–Trinajstić information content (AvgIpc) is 2.36. The minimum atomic E-state index is -1.99. The molecule has 0 aliphatic rings. The first-order valence-electron chi connectivity index (χ1n) is 6.42. The second-order valence-corrected chi connectivity index (χ2v) is 9.32. The molecule has 0 heterocycles. The number of unbranched alkanes of at least 4 members (excludes halogenated alkanes) is 1. The lowest BCUT2D eigenvalue weighted by Gasteiger charge is -2.24. The molecular formula is C14H22O3Si. The van der Waals surface area contributed by atoms with Crippen molar-refractivity contribution in [1.82, 2.24) is 0 Å². The van der Waals surface area contributed by atoms with Gasteiger partial charge >= 0.3 is 5.97 Å². The van der Waals surface area contributed by atoms with Crippen molar-refractivity contribution >= 4 is 14.3 Å². The number of hydrogen-bond acceptors (Lipinski definition) is 3. The van der Waals surface area contributed by atoms with E-state index in [-0.39, 0.29) is 0 Å².